The van der Waals surface area contributed by atoms with Gasteiger partial charge >= 0.3 is 0 Å². The monoisotopic (exact) mass is 274 g/mol. The second-order valence-electron chi connectivity index (χ2n) is 5.56. The smallest absolute Gasteiger partial charge is 0.149 e. The number of hydrogen-bond donors (Lipinski definition) is 2. The molecular formula is C14H22N6. The normalized spacial score (nSPS) is 16.7. The van der Waals surface area contributed by atoms with E-state index in [1.54, 1.807) is 0 Å². The zero-order valence-electron chi connectivity index (χ0n) is 12.2. The lowest BCUT2D eigenvalue weighted by molar-refractivity contribution is 0.501. The summed E-state index contributed by atoms with van der Waals surface area (Å²) in [7, 11) is 0. The van der Waals surface area contributed by atoms with Gasteiger partial charge in [-0.2, -0.15) is 5.10 Å². The van der Waals surface area contributed by atoms with Crippen molar-refractivity contribution >= 4 is 0 Å². The molecule has 0 aromatic carbocycles. The van der Waals surface area contributed by atoms with Crippen LogP contribution >= 0.6 is 0 Å². The van der Waals surface area contributed by atoms with E-state index in [1.807, 2.05) is 13.1 Å². The highest BCUT2D eigenvalue weighted by Gasteiger charge is 2.19. The quantitative estimate of drug-likeness (QED) is 0.893. The summed E-state index contributed by atoms with van der Waals surface area (Å²) in [6.45, 7) is 6.04. The van der Waals surface area contributed by atoms with Crippen LogP contribution in [0.5, 0.6) is 0 Å². The van der Waals surface area contributed by atoms with Crippen LogP contribution < -0.4 is 5.32 Å². The largest absolute Gasteiger partial charge is 0.314 e. The number of aromatic amines is 1. The topological polar surface area (TPSA) is 71.4 Å². The van der Waals surface area contributed by atoms with Crippen molar-refractivity contribution < 1.29 is 0 Å². The first kappa shape index (κ1) is 13.3. The van der Waals surface area contributed by atoms with E-state index in [4.69, 9.17) is 0 Å². The highest BCUT2D eigenvalue weighted by molar-refractivity contribution is 5.14. The van der Waals surface area contributed by atoms with Crippen molar-refractivity contribution in [2.75, 3.05) is 0 Å². The van der Waals surface area contributed by atoms with E-state index in [9.17, 15) is 0 Å². The van der Waals surface area contributed by atoms with Crippen molar-refractivity contribution in [3.05, 3.63) is 29.1 Å². The van der Waals surface area contributed by atoms with Gasteiger partial charge in [0.2, 0.25) is 0 Å². The van der Waals surface area contributed by atoms with Crippen LogP contribution in [0.3, 0.4) is 0 Å². The molecule has 0 saturated heterocycles. The van der Waals surface area contributed by atoms with Crippen LogP contribution in [0.4, 0.5) is 0 Å². The Morgan fingerprint density at radius 2 is 2.25 bits per heavy atom. The maximum atomic E-state index is 4.39. The predicted molar refractivity (Wildman–Crippen MR) is 76.2 cm³/mol. The van der Waals surface area contributed by atoms with E-state index < -0.39 is 0 Å². The Morgan fingerprint density at radius 1 is 1.35 bits per heavy atom. The van der Waals surface area contributed by atoms with E-state index in [0.29, 0.717) is 0 Å². The third-order valence-electron chi connectivity index (χ3n) is 4.06. The van der Waals surface area contributed by atoms with Gasteiger partial charge in [0.25, 0.3) is 0 Å². The first-order chi connectivity index (χ1) is 9.75. The fraction of sp³-hybridized carbons (Fsp3) is 0.643. The van der Waals surface area contributed by atoms with Crippen LogP contribution in [0.15, 0.2) is 6.20 Å². The first-order valence-corrected chi connectivity index (χ1v) is 7.40. The summed E-state index contributed by atoms with van der Waals surface area (Å²) in [5.41, 5.74) is 2.32. The van der Waals surface area contributed by atoms with Crippen molar-refractivity contribution in [3.8, 4) is 0 Å². The molecule has 0 aliphatic carbocycles. The van der Waals surface area contributed by atoms with Crippen LogP contribution in [0.1, 0.15) is 55.1 Å². The first-order valence-electron chi connectivity index (χ1n) is 7.40. The number of nitrogens with zero attached hydrogens (tertiary/aromatic N) is 4. The molecule has 3 rings (SSSR count). The summed E-state index contributed by atoms with van der Waals surface area (Å²) in [4.78, 5) is 0. The molecule has 1 aliphatic heterocycles. The van der Waals surface area contributed by atoms with Gasteiger partial charge in [-0.3, -0.25) is 5.10 Å². The molecule has 2 N–H and O–H groups in total. The minimum atomic E-state index is 0.198. The summed E-state index contributed by atoms with van der Waals surface area (Å²) in [6.07, 6.45) is 6.68. The number of fused-ring (bicyclic) bond motifs is 1. The van der Waals surface area contributed by atoms with E-state index in [1.165, 1.54) is 24.8 Å². The molecule has 108 valence electrons. The Morgan fingerprint density at radius 3 is 3.05 bits per heavy atom. The third-order valence-corrected chi connectivity index (χ3v) is 4.06. The second-order valence-corrected chi connectivity index (χ2v) is 5.56. The third kappa shape index (κ3) is 2.60. The minimum absolute atomic E-state index is 0.198. The summed E-state index contributed by atoms with van der Waals surface area (Å²) in [5, 5.41) is 19.3. The van der Waals surface area contributed by atoms with Crippen LogP contribution in [0, 0.1) is 6.92 Å². The van der Waals surface area contributed by atoms with Gasteiger partial charge in [-0.25, -0.2) is 0 Å². The molecule has 6 heteroatoms. The molecule has 0 spiro atoms. The van der Waals surface area contributed by atoms with Crippen molar-refractivity contribution in [2.24, 2.45) is 0 Å². The fourth-order valence-corrected chi connectivity index (χ4v) is 2.74. The van der Waals surface area contributed by atoms with Crippen molar-refractivity contribution in [3.63, 3.8) is 0 Å². The van der Waals surface area contributed by atoms with Crippen molar-refractivity contribution in [1.82, 2.24) is 30.3 Å². The van der Waals surface area contributed by atoms with Crippen LogP contribution in [0.25, 0.3) is 0 Å². The SMILES string of the molecule is Cc1[nH]ncc1CNC(C)c1nnc2n1CCCCC2. The summed E-state index contributed by atoms with van der Waals surface area (Å²) in [5.74, 6) is 2.20. The Bertz CT molecular complexity index is 570. The Hall–Kier alpha value is -1.69. The molecule has 0 fully saturated rings. The highest BCUT2D eigenvalue weighted by atomic mass is 15.3. The lowest BCUT2D eigenvalue weighted by Gasteiger charge is -2.15. The molecule has 2 aromatic rings. The molecule has 1 aliphatic rings. The standard InChI is InChI=1S/C14H22N6/c1-10-12(9-16-17-10)8-15-11(2)14-19-18-13-6-4-3-5-7-20(13)14/h9,11,15H,3-8H2,1-2H3,(H,16,17). The van der Waals surface area contributed by atoms with E-state index >= 15 is 0 Å². The Kier molecular flexibility index (Phi) is 3.82. The maximum absolute atomic E-state index is 4.39. The minimum Gasteiger partial charge on any atom is -0.314 e. The van der Waals surface area contributed by atoms with Crippen molar-refractivity contribution in [2.45, 2.75) is 58.7 Å². The average molecular weight is 274 g/mol. The van der Waals surface area contributed by atoms with Crippen LogP contribution in [0.2, 0.25) is 0 Å². The van der Waals surface area contributed by atoms with Gasteiger partial charge in [0.05, 0.1) is 12.2 Å². The van der Waals surface area contributed by atoms with Gasteiger partial charge in [-0.15, -0.1) is 10.2 Å². The molecule has 0 radical (unpaired) electrons. The Labute approximate surface area is 119 Å². The number of rotatable bonds is 4. The average Bonchev–Trinajstić information content (AvgIpc) is 2.96. The van der Waals surface area contributed by atoms with Crippen LogP contribution in [-0.4, -0.2) is 25.0 Å². The van der Waals surface area contributed by atoms with E-state index in [0.717, 1.165) is 36.9 Å². The van der Waals surface area contributed by atoms with Gasteiger partial charge in [-0.1, -0.05) is 6.42 Å². The van der Waals surface area contributed by atoms with Gasteiger partial charge in [0, 0.05) is 30.8 Å². The number of nitrogens with one attached hydrogen (secondary N) is 2. The lowest BCUT2D eigenvalue weighted by Crippen LogP contribution is -2.22. The fourth-order valence-electron chi connectivity index (χ4n) is 2.74. The summed E-state index contributed by atoms with van der Waals surface area (Å²) in [6, 6.07) is 0.198. The number of H-pyrrole nitrogens is 1. The second kappa shape index (κ2) is 5.75. The van der Waals surface area contributed by atoms with Gasteiger partial charge in [0.1, 0.15) is 11.6 Å². The molecule has 0 amide bonds. The molecular weight excluding hydrogens is 252 g/mol. The summed E-state index contributed by atoms with van der Waals surface area (Å²) >= 11 is 0. The zero-order chi connectivity index (χ0) is 13.9. The molecule has 3 heterocycles. The van der Waals surface area contributed by atoms with Gasteiger partial charge in [-0.05, 0) is 26.7 Å². The molecule has 20 heavy (non-hydrogen) atoms. The molecule has 1 unspecified atom stereocenters. The van der Waals surface area contributed by atoms with E-state index in [2.05, 4.69) is 37.2 Å². The highest BCUT2D eigenvalue weighted by Crippen LogP contribution is 2.19. The van der Waals surface area contributed by atoms with E-state index in [-0.39, 0.29) is 6.04 Å². The lowest BCUT2D eigenvalue weighted by atomic mass is 10.2. The number of aryl methyl sites for hydroxylation is 2. The molecule has 0 saturated carbocycles. The number of hydrogen-bond acceptors (Lipinski definition) is 4. The van der Waals surface area contributed by atoms with Crippen LogP contribution in [-0.2, 0) is 19.5 Å². The summed E-state index contributed by atoms with van der Waals surface area (Å²) < 4.78 is 2.30. The number of aromatic nitrogens is 5. The molecule has 0 bridgehead atoms. The Balaban J connectivity index is 1.69. The zero-order valence-corrected chi connectivity index (χ0v) is 12.2. The van der Waals surface area contributed by atoms with Crippen molar-refractivity contribution in [1.29, 1.82) is 0 Å². The maximum Gasteiger partial charge on any atom is 0.149 e. The van der Waals surface area contributed by atoms with Gasteiger partial charge < -0.3 is 9.88 Å². The molecule has 2 aromatic heterocycles. The van der Waals surface area contributed by atoms with Gasteiger partial charge in [0.15, 0.2) is 0 Å². The predicted octanol–water partition coefficient (Wildman–Crippen LogP) is 1.89. The molecule has 1 atom stereocenters. The molecule has 6 nitrogen and oxygen atoms in total.